The number of amides is 2. The van der Waals surface area contributed by atoms with Gasteiger partial charge in [0, 0.05) is 5.41 Å². The highest BCUT2D eigenvalue weighted by molar-refractivity contribution is 5.85. The molecule has 0 aromatic rings. The van der Waals surface area contributed by atoms with Crippen LogP contribution in [0, 0.1) is 5.41 Å². The van der Waals surface area contributed by atoms with Crippen LogP contribution in [0.25, 0.3) is 0 Å². The van der Waals surface area contributed by atoms with Crippen molar-refractivity contribution in [1.29, 1.82) is 0 Å². The zero-order valence-electron chi connectivity index (χ0n) is 12.8. The molecule has 0 unspecified atom stereocenters. The largest absolute Gasteiger partial charge is 0.389 e. The number of aliphatic hydroxyl groups is 1. The quantitative estimate of drug-likeness (QED) is 0.646. The Kier molecular flexibility index (Phi) is 7.05. The van der Waals surface area contributed by atoms with E-state index >= 15 is 0 Å². The second-order valence-electron chi connectivity index (χ2n) is 6.15. The van der Waals surface area contributed by atoms with Crippen molar-refractivity contribution in [2.24, 2.45) is 5.41 Å². The maximum absolute atomic E-state index is 11.8. The first kappa shape index (κ1) is 17.9. The molecule has 19 heavy (non-hydrogen) atoms. The van der Waals surface area contributed by atoms with Gasteiger partial charge in [0.15, 0.2) is 0 Å². The van der Waals surface area contributed by atoms with Crippen molar-refractivity contribution in [3.8, 4) is 0 Å². The van der Waals surface area contributed by atoms with Crippen LogP contribution in [0.3, 0.4) is 0 Å². The van der Waals surface area contributed by atoms with Gasteiger partial charge in [0.1, 0.15) is 0 Å². The van der Waals surface area contributed by atoms with Crippen LogP contribution in [-0.2, 0) is 9.59 Å². The molecule has 0 saturated carbocycles. The monoisotopic (exact) mass is 272 g/mol. The van der Waals surface area contributed by atoms with Crippen LogP contribution in [0.15, 0.2) is 0 Å². The summed E-state index contributed by atoms with van der Waals surface area (Å²) >= 11 is 0. The van der Waals surface area contributed by atoms with Crippen LogP contribution in [0.5, 0.6) is 0 Å². The van der Waals surface area contributed by atoms with Gasteiger partial charge in [-0.15, -0.1) is 0 Å². The summed E-state index contributed by atoms with van der Waals surface area (Å²) in [5.41, 5.74) is 3.21. The van der Waals surface area contributed by atoms with Crippen LogP contribution in [-0.4, -0.2) is 22.5 Å². The van der Waals surface area contributed by atoms with E-state index in [4.69, 9.17) is 0 Å². The normalized spacial score (nSPS) is 12.1. The Morgan fingerprint density at radius 3 is 1.84 bits per heavy atom. The van der Waals surface area contributed by atoms with Crippen LogP contribution in [0.2, 0.25) is 0 Å². The summed E-state index contributed by atoms with van der Waals surface area (Å²) in [5.74, 6) is -0.614. The number of hydrogen-bond acceptors (Lipinski definition) is 3. The van der Waals surface area contributed by atoms with E-state index in [1.54, 1.807) is 20.8 Å². The lowest BCUT2D eigenvalue weighted by Crippen LogP contribution is -2.48. The molecule has 0 fully saturated rings. The average Bonchev–Trinajstić information content (AvgIpc) is 2.24. The number of hydrogen-bond donors (Lipinski definition) is 3. The summed E-state index contributed by atoms with van der Waals surface area (Å²) in [4.78, 5) is 23.4. The topological polar surface area (TPSA) is 78.4 Å². The number of nitrogens with one attached hydrogen (secondary N) is 2. The summed E-state index contributed by atoms with van der Waals surface area (Å²) in [6.07, 6.45) is 2.82. The molecule has 0 aliphatic heterocycles. The Hall–Kier alpha value is -1.10. The summed E-state index contributed by atoms with van der Waals surface area (Å²) in [6, 6.07) is 0. The predicted molar refractivity (Wildman–Crippen MR) is 75.1 cm³/mol. The zero-order valence-corrected chi connectivity index (χ0v) is 12.8. The summed E-state index contributed by atoms with van der Waals surface area (Å²) in [5, 5.41) is 10.3. The standard InChI is InChI=1S/C14H28N2O3/c1-6-8-14(19,9-7-2)10-11(17)15-16-12(18)13(3,4)5/h19H,6-10H2,1-5H3,(H,15,17)(H,16,18). The highest BCUT2D eigenvalue weighted by Gasteiger charge is 2.29. The Labute approximate surface area is 116 Å². The average molecular weight is 272 g/mol. The van der Waals surface area contributed by atoms with Gasteiger partial charge in [-0.05, 0) is 12.8 Å². The fraction of sp³-hybridized carbons (Fsp3) is 0.857. The molecule has 0 rings (SSSR count). The van der Waals surface area contributed by atoms with Crippen molar-refractivity contribution in [3.63, 3.8) is 0 Å². The molecule has 0 radical (unpaired) electrons. The fourth-order valence-corrected chi connectivity index (χ4v) is 1.89. The minimum Gasteiger partial charge on any atom is -0.389 e. The number of rotatable bonds is 6. The Morgan fingerprint density at radius 1 is 1.00 bits per heavy atom. The first-order valence-corrected chi connectivity index (χ1v) is 6.96. The van der Waals surface area contributed by atoms with E-state index in [1.165, 1.54) is 0 Å². The molecule has 0 aromatic carbocycles. The van der Waals surface area contributed by atoms with Crippen LogP contribution in [0.4, 0.5) is 0 Å². The molecular formula is C14H28N2O3. The maximum Gasteiger partial charge on any atom is 0.243 e. The molecule has 112 valence electrons. The van der Waals surface area contributed by atoms with Crippen molar-refractivity contribution < 1.29 is 14.7 Å². The van der Waals surface area contributed by atoms with Gasteiger partial charge in [-0.3, -0.25) is 20.4 Å². The number of hydrazine groups is 1. The van der Waals surface area contributed by atoms with E-state index in [0.29, 0.717) is 12.8 Å². The number of carbonyl (C=O) groups excluding carboxylic acids is 2. The smallest absolute Gasteiger partial charge is 0.243 e. The second kappa shape index (κ2) is 7.48. The van der Waals surface area contributed by atoms with Crippen molar-refractivity contribution in [1.82, 2.24) is 10.9 Å². The van der Waals surface area contributed by atoms with Gasteiger partial charge in [0.2, 0.25) is 11.8 Å². The predicted octanol–water partition coefficient (Wildman–Crippen LogP) is 1.90. The maximum atomic E-state index is 11.8. The van der Waals surface area contributed by atoms with Crippen LogP contribution >= 0.6 is 0 Å². The summed E-state index contributed by atoms with van der Waals surface area (Å²) < 4.78 is 0. The van der Waals surface area contributed by atoms with Gasteiger partial charge in [-0.1, -0.05) is 47.5 Å². The molecule has 0 aliphatic rings. The molecule has 2 amide bonds. The molecule has 0 saturated heterocycles. The van der Waals surface area contributed by atoms with Gasteiger partial charge < -0.3 is 5.11 Å². The second-order valence-corrected chi connectivity index (χ2v) is 6.15. The third-order valence-electron chi connectivity index (χ3n) is 2.92. The van der Waals surface area contributed by atoms with Crippen molar-refractivity contribution in [3.05, 3.63) is 0 Å². The molecule has 5 nitrogen and oxygen atoms in total. The highest BCUT2D eigenvalue weighted by Crippen LogP contribution is 2.23. The van der Waals surface area contributed by atoms with Gasteiger partial charge >= 0.3 is 0 Å². The van der Waals surface area contributed by atoms with Crippen LogP contribution < -0.4 is 10.9 Å². The lowest BCUT2D eigenvalue weighted by Gasteiger charge is -2.27. The van der Waals surface area contributed by atoms with E-state index in [2.05, 4.69) is 10.9 Å². The molecule has 0 aromatic heterocycles. The Morgan fingerprint density at radius 2 is 1.47 bits per heavy atom. The van der Waals surface area contributed by atoms with Gasteiger partial charge in [0.05, 0.1) is 12.0 Å². The molecule has 0 bridgehead atoms. The van der Waals surface area contributed by atoms with Crippen molar-refractivity contribution >= 4 is 11.8 Å². The molecule has 5 heteroatoms. The first-order valence-electron chi connectivity index (χ1n) is 6.96. The van der Waals surface area contributed by atoms with Gasteiger partial charge in [-0.25, -0.2) is 0 Å². The summed E-state index contributed by atoms with van der Waals surface area (Å²) in [7, 11) is 0. The SMILES string of the molecule is CCCC(O)(CCC)CC(=O)NNC(=O)C(C)(C)C. The van der Waals surface area contributed by atoms with Crippen molar-refractivity contribution in [2.75, 3.05) is 0 Å². The van der Waals surface area contributed by atoms with Gasteiger partial charge in [0.25, 0.3) is 0 Å². The Bertz CT molecular complexity index is 302. The highest BCUT2D eigenvalue weighted by atomic mass is 16.3. The van der Waals surface area contributed by atoms with E-state index in [9.17, 15) is 14.7 Å². The summed E-state index contributed by atoms with van der Waals surface area (Å²) in [6.45, 7) is 9.23. The third-order valence-corrected chi connectivity index (χ3v) is 2.92. The molecule has 0 aliphatic carbocycles. The number of carbonyl (C=O) groups is 2. The van der Waals surface area contributed by atoms with E-state index in [1.807, 2.05) is 13.8 Å². The molecular weight excluding hydrogens is 244 g/mol. The molecule has 3 N–H and O–H groups in total. The minimum absolute atomic E-state index is 0.0130. The molecule has 0 atom stereocenters. The first-order chi connectivity index (χ1) is 8.64. The lowest BCUT2D eigenvalue weighted by atomic mass is 9.89. The van der Waals surface area contributed by atoms with E-state index in [0.717, 1.165) is 12.8 Å². The molecule has 0 spiro atoms. The Balaban J connectivity index is 4.32. The van der Waals surface area contributed by atoms with Gasteiger partial charge in [-0.2, -0.15) is 0 Å². The molecule has 0 heterocycles. The van der Waals surface area contributed by atoms with Crippen molar-refractivity contribution in [2.45, 2.75) is 72.3 Å². The fourth-order valence-electron chi connectivity index (χ4n) is 1.89. The van der Waals surface area contributed by atoms with Crippen LogP contribution in [0.1, 0.15) is 66.7 Å². The zero-order chi connectivity index (χ0) is 15.1. The minimum atomic E-state index is -0.972. The lowest BCUT2D eigenvalue weighted by molar-refractivity contribution is -0.136. The van der Waals surface area contributed by atoms with E-state index in [-0.39, 0.29) is 18.2 Å². The van der Waals surface area contributed by atoms with E-state index < -0.39 is 11.0 Å². The third kappa shape index (κ3) is 7.15.